The van der Waals surface area contributed by atoms with Gasteiger partial charge in [0.2, 0.25) is 15.9 Å². The van der Waals surface area contributed by atoms with Gasteiger partial charge >= 0.3 is 0 Å². The van der Waals surface area contributed by atoms with Gasteiger partial charge in [-0.2, -0.15) is 4.31 Å². The number of rotatable bonds is 6. The summed E-state index contributed by atoms with van der Waals surface area (Å²) >= 11 is 0. The summed E-state index contributed by atoms with van der Waals surface area (Å²) in [5, 5.41) is 2.72. The molecule has 1 aromatic heterocycles. The van der Waals surface area contributed by atoms with Crippen LogP contribution in [0.4, 0.5) is 5.69 Å². The molecule has 1 saturated heterocycles. The number of pyridine rings is 1. The molecule has 2 aromatic rings. The second-order valence-corrected chi connectivity index (χ2v) is 7.82. The molecule has 26 heavy (non-hydrogen) atoms. The van der Waals surface area contributed by atoms with Crippen LogP contribution in [0.3, 0.4) is 0 Å². The van der Waals surface area contributed by atoms with E-state index in [0.717, 1.165) is 12.8 Å². The molecule has 0 spiro atoms. The molecule has 2 heterocycles. The van der Waals surface area contributed by atoms with Crippen LogP contribution in [0, 0.1) is 0 Å². The number of hydrogen-bond acceptors (Lipinski definition) is 5. The van der Waals surface area contributed by atoms with Gasteiger partial charge in [0, 0.05) is 25.0 Å². The van der Waals surface area contributed by atoms with Gasteiger partial charge in [0.1, 0.15) is 5.56 Å². The van der Waals surface area contributed by atoms with Crippen molar-refractivity contribution < 1.29 is 17.9 Å². The minimum absolute atomic E-state index is 0.174. The van der Waals surface area contributed by atoms with Gasteiger partial charge < -0.3 is 10.1 Å². The highest BCUT2D eigenvalue weighted by atomic mass is 32.2. The van der Waals surface area contributed by atoms with Gasteiger partial charge in [-0.15, -0.1) is 0 Å². The second-order valence-electron chi connectivity index (χ2n) is 5.88. The molecule has 1 fully saturated rings. The molecule has 0 atom stereocenters. The topological polar surface area (TPSA) is 88.6 Å². The highest BCUT2D eigenvalue weighted by Gasteiger charge is 2.27. The van der Waals surface area contributed by atoms with E-state index in [1.165, 1.54) is 10.4 Å². The van der Waals surface area contributed by atoms with Crippen molar-refractivity contribution in [2.45, 2.75) is 24.7 Å². The average molecular weight is 375 g/mol. The van der Waals surface area contributed by atoms with Crippen molar-refractivity contribution >= 4 is 21.6 Å². The first-order valence-electron chi connectivity index (χ1n) is 8.52. The van der Waals surface area contributed by atoms with Crippen LogP contribution in [0.25, 0.3) is 0 Å². The Bertz CT molecular complexity index is 893. The highest BCUT2D eigenvalue weighted by molar-refractivity contribution is 7.89. The molecular formula is C18H21N3O4S. The maximum Gasteiger partial charge on any atom is 0.261 e. The lowest BCUT2D eigenvalue weighted by molar-refractivity contribution is 0.102. The summed E-state index contributed by atoms with van der Waals surface area (Å²) < 4.78 is 32.2. The van der Waals surface area contributed by atoms with E-state index in [2.05, 4.69) is 10.3 Å². The third-order valence-electron chi connectivity index (χ3n) is 4.09. The minimum atomic E-state index is -3.53. The fraction of sp³-hybridized carbons (Fsp3) is 0.333. The Kier molecular flexibility index (Phi) is 5.53. The lowest BCUT2D eigenvalue weighted by Gasteiger charge is -2.16. The lowest BCUT2D eigenvalue weighted by atomic mass is 10.2. The first-order valence-corrected chi connectivity index (χ1v) is 9.96. The molecule has 3 rings (SSSR count). The molecule has 0 aliphatic carbocycles. The molecule has 0 bridgehead atoms. The van der Waals surface area contributed by atoms with Crippen LogP contribution in [0.2, 0.25) is 0 Å². The number of hydrogen-bond donors (Lipinski definition) is 1. The van der Waals surface area contributed by atoms with Gasteiger partial charge in [0.25, 0.3) is 5.91 Å². The van der Waals surface area contributed by atoms with Crippen molar-refractivity contribution in [1.29, 1.82) is 0 Å². The fourth-order valence-electron chi connectivity index (χ4n) is 2.83. The first kappa shape index (κ1) is 18.3. The van der Waals surface area contributed by atoms with Gasteiger partial charge in [-0.25, -0.2) is 13.4 Å². The molecule has 0 radical (unpaired) electrons. The third-order valence-corrected chi connectivity index (χ3v) is 5.99. The van der Waals surface area contributed by atoms with E-state index >= 15 is 0 Å². The molecule has 0 unspecified atom stereocenters. The zero-order chi connectivity index (χ0) is 18.6. The predicted molar refractivity (Wildman–Crippen MR) is 97.8 cm³/mol. The normalized spacial score (nSPS) is 15.0. The monoisotopic (exact) mass is 375 g/mol. The summed E-state index contributed by atoms with van der Waals surface area (Å²) in [7, 11) is -3.53. The van der Waals surface area contributed by atoms with Crippen molar-refractivity contribution in [2.75, 3.05) is 25.0 Å². The van der Waals surface area contributed by atoms with Crippen molar-refractivity contribution in [3.63, 3.8) is 0 Å². The van der Waals surface area contributed by atoms with Crippen LogP contribution < -0.4 is 10.1 Å². The number of carbonyl (C=O) groups is 1. The largest absolute Gasteiger partial charge is 0.477 e. The van der Waals surface area contributed by atoms with Crippen LogP contribution >= 0.6 is 0 Å². The molecule has 1 amide bonds. The fourth-order valence-corrected chi connectivity index (χ4v) is 4.39. The third kappa shape index (κ3) is 3.86. The van der Waals surface area contributed by atoms with E-state index < -0.39 is 15.9 Å². The molecule has 138 valence electrons. The predicted octanol–water partition coefficient (Wildman–Crippen LogP) is 2.52. The lowest BCUT2D eigenvalue weighted by Crippen LogP contribution is -2.27. The molecular weight excluding hydrogens is 354 g/mol. The summed E-state index contributed by atoms with van der Waals surface area (Å²) in [6.45, 7) is 3.27. The molecule has 8 heteroatoms. The second kappa shape index (κ2) is 7.84. The SMILES string of the molecule is CCOc1ncccc1C(=O)Nc1cccc(S(=O)(=O)N2CCCC2)c1. The smallest absolute Gasteiger partial charge is 0.261 e. The maximum atomic E-state index is 12.7. The van der Waals surface area contributed by atoms with Gasteiger partial charge in [0.15, 0.2) is 0 Å². The minimum Gasteiger partial charge on any atom is -0.477 e. The number of benzene rings is 1. The number of amides is 1. The standard InChI is InChI=1S/C18H21N3O4S/c1-2-25-18-16(9-6-10-19-18)17(22)20-14-7-5-8-15(13-14)26(23,24)21-11-3-4-12-21/h5-10,13H,2-4,11-12H2,1H3,(H,20,22). The van der Waals surface area contributed by atoms with Gasteiger partial charge in [-0.3, -0.25) is 4.79 Å². The summed E-state index contributed by atoms with van der Waals surface area (Å²) in [6.07, 6.45) is 3.29. The summed E-state index contributed by atoms with van der Waals surface area (Å²) in [5.41, 5.74) is 0.698. The Morgan fingerprint density at radius 3 is 2.73 bits per heavy atom. The summed E-state index contributed by atoms with van der Waals surface area (Å²) in [4.78, 5) is 16.8. The number of nitrogens with one attached hydrogen (secondary N) is 1. The zero-order valence-corrected chi connectivity index (χ0v) is 15.3. The number of ether oxygens (including phenoxy) is 1. The van der Waals surface area contributed by atoms with Crippen molar-refractivity contribution in [2.24, 2.45) is 0 Å². The van der Waals surface area contributed by atoms with Crippen LogP contribution in [0.15, 0.2) is 47.5 Å². The van der Waals surface area contributed by atoms with Crippen molar-refractivity contribution in [3.05, 3.63) is 48.2 Å². The van der Waals surface area contributed by atoms with E-state index in [9.17, 15) is 13.2 Å². The highest BCUT2D eigenvalue weighted by Crippen LogP contribution is 2.24. The van der Waals surface area contributed by atoms with E-state index in [1.54, 1.807) is 36.5 Å². The Morgan fingerprint density at radius 2 is 2.00 bits per heavy atom. The number of nitrogens with zero attached hydrogens (tertiary/aromatic N) is 2. The van der Waals surface area contributed by atoms with E-state index in [-0.39, 0.29) is 10.8 Å². The van der Waals surface area contributed by atoms with Crippen molar-refractivity contribution in [1.82, 2.24) is 9.29 Å². The Hall–Kier alpha value is -2.45. The van der Waals surface area contributed by atoms with Crippen LogP contribution in [-0.4, -0.2) is 43.3 Å². The van der Waals surface area contributed by atoms with Crippen LogP contribution in [-0.2, 0) is 10.0 Å². The molecule has 1 aliphatic heterocycles. The van der Waals surface area contributed by atoms with E-state index in [1.807, 2.05) is 6.92 Å². The summed E-state index contributed by atoms with van der Waals surface area (Å²) in [5.74, 6) is -0.161. The van der Waals surface area contributed by atoms with Gasteiger partial charge in [0.05, 0.1) is 11.5 Å². The number of carbonyl (C=O) groups excluding carboxylic acids is 1. The van der Waals surface area contributed by atoms with Gasteiger partial charge in [-0.1, -0.05) is 6.07 Å². The number of anilines is 1. The Balaban J connectivity index is 1.82. The first-order chi connectivity index (χ1) is 12.5. The molecule has 7 nitrogen and oxygen atoms in total. The Labute approximate surface area is 153 Å². The van der Waals surface area contributed by atoms with E-state index in [0.29, 0.717) is 30.9 Å². The number of aromatic nitrogens is 1. The molecule has 0 saturated carbocycles. The van der Waals surface area contributed by atoms with Crippen molar-refractivity contribution in [3.8, 4) is 5.88 Å². The molecule has 1 N–H and O–H groups in total. The van der Waals surface area contributed by atoms with Crippen LogP contribution in [0.5, 0.6) is 5.88 Å². The zero-order valence-electron chi connectivity index (χ0n) is 14.5. The molecule has 1 aromatic carbocycles. The summed E-state index contributed by atoms with van der Waals surface area (Å²) in [6, 6.07) is 9.54. The van der Waals surface area contributed by atoms with Gasteiger partial charge in [-0.05, 0) is 50.1 Å². The van der Waals surface area contributed by atoms with Crippen LogP contribution in [0.1, 0.15) is 30.1 Å². The quantitative estimate of drug-likeness (QED) is 0.838. The number of sulfonamides is 1. The molecule has 1 aliphatic rings. The Morgan fingerprint density at radius 1 is 1.23 bits per heavy atom. The maximum absolute atomic E-state index is 12.7. The average Bonchev–Trinajstić information content (AvgIpc) is 3.18. The van der Waals surface area contributed by atoms with E-state index in [4.69, 9.17) is 4.74 Å².